The van der Waals surface area contributed by atoms with E-state index < -0.39 is 0 Å². The van der Waals surface area contributed by atoms with Crippen LogP contribution in [0.3, 0.4) is 0 Å². The van der Waals surface area contributed by atoms with Gasteiger partial charge in [0.05, 0.1) is 39.0 Å². The number of allylic oxidation sites excluding steroid dienone is 2. The van der Waals surface area contributed by atoms with Crippen LogP contribution in [0.5, 0.6) is 0 Å². The van der Waals surface area contributed by atoms with Gasteiger partial charge in [0.15, 0.2) is 0 Å². The summed E-state index contributed by atoms with van der Waals surface area (Å²) in [5.41, 5.74) is 16.8. The molecule has 0 aliphatic heterocycles. The molecule has 1 atom stereocenters. The second-order valence-corrected chi connectivity index (χ2v) is 16.3. The van der Waals surface area contributed by atoms with E-state index in [1.807, 2.05) is 41.7 Å². The van der Waals surface area contributed by atoms with Gasteiger partial charge in [-0.1, -0.05) is 140 Å². The van der Waals surface area contributed by atoms with E-state index in [4.69, 9.17) is 15.7 Å². The van der Waals surface area contributed by atoms with E-state index in [1.165, 1.54) is 53.2 Å². The number of aliphatic imine (C=N–C) groups is 2. The van der Waals surface area contributed by atoms with Crippen LogP contribution in [0.15, 0.2) is 192 Å². The Labute approximate surface area is 340 Å². The largest absolute Gasteiger partial charge is 0.383 e. The minimum Gasteiger partial charge on any atom is -0.383 e. The quantitative estimate of drug-likeness (QED) is 0.138. The van der Waals surface area contributed by atoms with Crippen LogP contribution >= 0.6 is 11.3 Å². The first-order valence-electron chi connectivity index (χ1n) is 19.9. The first-order chi connectivity index (χ1) is 28.6. The van der Waals surface area contributed by atoms with Gasteiger partial charge in [0, 0.05) is 42.6 Å². The van der Waals surface area contributed by atoms with E-state index in [2.05, 4.69) is 162 Å². The summed E-state index contributed by atoms with van der Waals surface area (Å²) in [6, 6.07) is 56.3. The summed E-state index contributed by atoms with van der Waals surface area (Å²) >= 11 is 1.87. The third-order valence-corrected chi connectivity index (χ3v) is 12.8. The molecule has 5 nitrogen and oxygen atoms in total. The normalized spacial score (nSPS) is 15.1. The summed E-state index contributed by atoms with van der Waals surface area (Å²) in [5, 5.41) is 7.34. The van der Waals surface area contributed by atoms with Crippen LogP contribution < -0.4 is 5.73 Å². The first-order valence-corrected chi connectivity index (χ1v) is 20.7. The number of rotatable bonds is 5. The van der Waals surface area contributed by atoms with Crippen LogP contribution in [-0.4, -0.2) is 27.5 Å². The van der Waals surface area contributed by atoms with Gasteiger partial charge in [-0.3, -0.25) is 4.57 Å². The second kappa shape index (κ2) is 13.9. The standard InChI is InChI=1S/C52H39N5S/c1-33-25-27-34(28-26-33)32-54-52(55-51(53)35-13-3-2-4-14-35)57-44-21-9-6-17-41(44)49-37(18-11-22-46(49)57)36-29-30-45-42(31-36)38-15-5-8-20-43(38)56(45)47-23-12-19-40-39-16-7-10-24-48(39)58-50(40)47/h2-25,27-31,33H,26,32H2,1H3,(H2,53,54,55). The highest BCUT2D eigenvalue weighted by atomic mass is 32.1. The van der Waals surface area contributed by atoms with Crippen LogP contribution in [0.4, 0.5) is 0 Å². The molecule has 0 saturated heterocycles. The fourth-order valence-corrected chi connectivity index (χ4v) is 9.98. The molecular weight excluding hydrogens is 727 g/mol. The zero-order valence-corrected chi connectivity index (χ0v) is 32.8. The molecule has 2 N–H and O–H groups in total. The number of nitrogens with two attached hydrogens (primary N) is 1. The van der Waals surface area contributed by atoms with Crippen molar-refractivity contribution in [3.8, 4) is 16.8 Å². The van der Waals surface area contributed by atoms with Crippen molar-refractivity contribution >= 4 is 86.9 Å². The third kappa shape index (κ3) is 5.59. The molecule has 3 aromatic heterocycles. The number of thiophene rings is 1. The number of fused-ring (bicyclic) bond motifs is 9. The Morgan fingerprint density at radius 3 is 2.22 bits per heavy atom. The van der Waals surface area contributed by atoms with E-state index in [0.29, 0.717) is 24.3 Å². The molecule has 6 heteroatoms. The van der Waals surface area contributed by atoms with Gasteiger partial charge in [-0.15, -0.1) is 11.3 Å². The minimum absolute atomic E-state index is 0.427. The van der Waals surface area contributed by atoms with Crippen molar-refractivity contribution in [1.82, 2.24) is 9.13 Å². The maximum Gasteiger partial charge on any atom is 0.232 e. The molecular formula is C52H39N5S. The van der Waals surface area contributed by atoms with Crippen molar-refractivity contribution in [2.45, 2.75) is 13.3 Å². The number of hydrogen-bond acceptors (Lipinski definition) is 2. The highest BCUT2D eigenvalue weighted by Crippen LogP contribution is 2.43. The topological polar surface area (TPSA) is 60.6 Å². The van der Waals surface area contributed by atoms with E-state index in [9.17, 15) is 0 Å². The molecule has 0 fully saturated rings. The molecule has 0 saturated carbocycles. The lowest BCUT2D eigenvalue weighted by Crippen LogP contribution is -2.20. The average Bonchev–Trinajstić information content (AvgIpc) is 3.94. The van der Waals surface area contributed by atoms with Crippen LogP contribution in [0.25, 0.3) is 80.6 Å². The summed E-state index contributed by atoms with van der Waals surface area (Å²) in [6.45, 7) is 2.75. The minimum atomic E-state index is 0.427. The molecule has 0 amide bonds. The molecule has 10 aromatic rings. The Morgan fingerprint density at radius 2 is 1.38 bits per heavy atom. The lowest BCUT2D eigenvalue weighted by molar-refractivity contribution is 0.728. The van der Waals surface area contributed by atoms with E-state index >= 15 is 0 Å². The molecule has 1 aliphatic rings. The van der Waals surface area contributed by atoms with Crippen molar-refractivity contribution < 1.29 is 0 Å². The Bertz CT molecular complexity index is 3370. The number of amidine groups is 1. The molecule has 0 radical (unpaired) electrons. The fourth-order valence-electron chi connectivity index (χ4n) is 8.77. The molecule has 0 bridgehead atoms. The number of para-hydroxylation sites is 2. The number of nitrogens with zero attached hydrogens (tertiary/aromatic N) is 4. The number of aromatic nitrogens is 2. The van der Waals surface area contributed by atoms with E-state index in [1.54, 1.807) is 0 Å². The zero-order chi connectivity index (χ0) is 38.7. The number of benzene rings is 7. The monoisotopic (exact) mass is 765 g/mol. The Hall–Kier alpha value is -7.02. The van der Waals surface area contributed by atoms with Gasteiger partial charge in [-0.2, -0.15) is 4.99 Å². The predicted molar refractivity (Wildman–Crippen MR) is 248 cm³/mol. The van der Waals surface area contributed by atoms with Crippen LogP contribution in [0.1, 0.15) is 18.9 Å². The lowest BCUT2D eigenvalue weighted by Gasteiger charge is -2.12. The molecule has 3 heterocycles. The Balaban J connectivity index is 1.11. The summed E-state index contributed by atoms with van der Waals surface area (Å²) < 4.78 is 7.25. The van der Waals surface area contributed by atoms with Gasteiger partial charge in [0.2, 0.25) is 5.96 Å². The molecule has 58 heavy (non-hydrogen) atoms. The molecule has 0 spiro atoms. The van der Waals surface area contributed by atoms with Crippen LogP contribution in [-0.2, 0) is 0 Å². The van der Waals surface area contributed by atoms with Crippen molar-refractivity contribution in [1.29, 1.82) is 0 Å². The summed E-state index contributed by atoms with van der Waals surface area (Å²) in [6.07, 6.45) is 7.75. The summed E-state index contributed by atoms with van der Waals surface area (Å²) in [7, 11) is 0. The predicted octanol–water partition coefficient (Wildman–Crippen LogP) is 13.1. The van der Waals surface area contributed by atoms with Gasteiger partial charge < -0.3 is 10.3 Å². The molecule has 7 aromatic carbocycles. The highest BCUT2D eigenvalue weighted by molar-refractivity contribution is 7.26. The molecule has 11 rings (SSSR count). The second-order valence-electron chi connectivity index (χ2n) is 15.2. The first kappa shape index (κ1) is 34.2. The van der Waals surface area contributed by atoms with Gasteiger partial charge in [0.25, 0.3) is 0 Å². The molecule has 278 valence electrons. The van der Waals surface area contributed by atoms with Gasteiger partial charge >= 0.3 is 0 Å². The third-order valence-electron chi connectivity index (χ3n) is 11.6. The summed E-state index contributed by atoms with van der Waals surface area (Å²) in [5.74, 6) is 1.52. The van der Waals surface area contributed by atoms with Crippen molar-refractivity contribution in [3.05, 3.63) is 187 Å². The van der Waals surface area contributed by atoms with Gasteiger partial charge in [-0.05, 0) is 71.5 Å². The zero-order valence-electron chi connectivity index (χ0n) is 32.0. The van der Waals surface area contributed by atoms with Crippen molar-refractivity contribution in [3.63, 3.8) is 0 Å². The Morgan fingerprint density at radius 1 is 0.672 bits per heavy atom. The van der Waals surface area contributed by atoms with Crippen LogP contribution in [0.2, 0.25) is 0 Å². The number of hydrogen-bond donors (Lipinski definition) is 1. The van der Waals surface area contributed by atoms with Crippen LogP contribution in [0, 0.1) is 5.92 Å². The van der Waals surface area contributed by atoms with E-state index in [0.717, 1.165) is 44.9 Å². The van der Waals surface area contributed by atoms with E-state index in [-0.39, 0.29) is 0 Å². The highest BCUT2D eigenvalue weighted by Gasteiger charge is 2.21. The smallest absolute Gasteiger partial charge is 0.232 e. The lowest BCUT2D eigenvalue weighted by atomic mass is 9.98. The van der Waals surface area contributed by atoms with Gasteiger partial charge in [-0.25, -0.2) is 4.99 Å². The molecule has 1 aliphatic carbocycles. The molecule has 1 unspecified atom stereocenters. The maximum atomic E-state index is 6.76. The SMILES string of the molecule is CC1C=CC(CN=C(/N=C(\N)c2ccccc2)n2c3ccccc3c3c(-c4ccc5c(c4)c4ccccc4n5-c4cccc5c4sc4ccccc45)cccc32)=CC1. The van der Waals surface area contributed by atoms with Gasteiger partial charge in [0.1, 0.15) is 5.84 Å². The average molecular weight is 766 g/mol. The fraction of sp³-hybridized carbons (Fsp3) is 0.0769. The Kier molecular flexibility index (Phi) is 8.19. The van der Waals surface area contributed by atoms with Crippen molar-refractivity contribution in [2.75, 3.05) is 6.54 Å². The summed E-state index contributed by atoms with van der Waals surface area (Å²) in [4.78, 5) is 10.3. The van der Waals surface area contributed by atoms with Crippen molar-refractivity contribution in [2.24, 2.45) is 21.6 Å². The maximum absolute atomic E-state index is 6.76.